The molecule has 1 atom stereocenters. The minimum Gasteiger partial charge on any atom is -0.507 e. The predicted molar refractivity (Wildman–Crippen MR) is 123 cm³/mol. The van der Waals surface area contributed by atoms with Gasteiger partial charge in [-0.15, -0.1) is 0 Å². The molecule has 1 aromatic carbocycles. The highest BCUT2D eigenvalue weighted by molar-refractivity contribution is 6.46. The molecule has 0 aliphatic carbocycles. The van der Waals surface area contributed by atoms with E-state index in [2.05, 4.69) is 25.8 Å². The normalized spacial score (nSPS) is 18.5. The molecule has 0 spiro atoms. The summed E-state index contributed by atoms with van der Waals surface area (Å²) in [5, 5.41) is 11.4. The van der Waals surface area contributed by atoms with Crippen molar-refractivity contribution in [3.05, 3.63) is 65.0 Å². The van der Waals surface area contributed by atoms with E-state index in [-0.39, 0.29) is 16.7 Å². The zero-order chi connectivity index (χ0) is 23.6. The van der Waals surface area contributed by atoms with Crippen LogP contribution in [0.5, 0.6) is 5.75 Å². The summed E-state index contributed by atoms with van der Waals surface area (Å²) in [7, 11) is 5.32. The van der Waals surface area contributed by atoms with Crippen LogP contribution in [0.1, 0.15) is 43.5 Å². The topological polar surface area (TPSA) is 83.0 Å². The van der Waals surface area contributed by atoms with E-state index in [1.807, 2.05) is 31.1 Å². The molecule has 1 saturated heterocycles. The van der Waals surface area contributed by atoms with Crippen molar-refractivity contribution in [1.82, 2.24) is 14.8 Å². The molecule has 170 valence electrons. The predicted octanol–water partition coefficient (Wildman–Crippen LogP) is 3.37. The summed E-state index contributed by atoms with van der Waals surface area (Å²) in [4.78, 5) is 33.7. The van der Waals surface area contributed by atoms with Gasteiger partial charge in [-0.1, -0.05) is 26.8 Å². The van der Waals surface area contributed by atoms with Gasteiger partial charge in [-0.25, -0.2) is 0 Å². The van der Waals surface area contributed by atoms with Crippen LogP contribution in [0.3, 0.4) is 0 Å². The van der Waals surface area contributed by atoms with Crippen molar-refractivity contribution in [3.8, 4) is 5.75 Å². The van der Waals surface area contributed by atoms with Gasteiger partial charge in [-0.2, -0.15) is 0 Å². The second kappa shape index (κ2) is 9.12. The number of methoxy groups -OCH3 is 1. The van der Waals surface area contributed by atoms with Crippen LogP contribution in [0.15, 0.2) is 48.3 Å². The summed E-state index contributed by atoms with van der Waals surface area (Å²) >= 11 is 0. The molecule has 0 radical (unpaired) electrons. The standard InChI is InChI=1S/C25H31N3O4/c1-25(2,3)17-7-8-19(32-6)18(15-17)22(29)20-21(16-9-11-26-12-10-16)28(14-13-27(4)5)24(31)23(20)30/h7-12,15,21,29H,13-14H2,1-6H3/b22-20+. The number of Topliss-reactive ketones (excluding diaryl/α,β-unsaturated/α-hetero) is 1. The molecule has 1 aliphatic rings. The minimum absolute atomic E-state index is 0.0596. The number of benzene rings is 1. The lowest BCUT2D eigenvalue weighted by Gasteiger charge is -2.26. The number of aliphatic hydroxyl groups is 1. The number of nitrogens with zero attached hydrogens (tertiary/aromatic N) is 3. The Kier molecular flexibility index (Phi) is 6.69. The smallest absolute Gasteiger partial charge is 0.295 e. The highest BCUT2D eigenvalue weighted by atomic mass is 16.5. The van der Waals surface area contributed by atoms with Crippen LogP contribution in [0.25, 0.3) is 5.76 Å². The van der Waals surface area contributed by atoms with Crippen LogP contribution in [-0.4, -0.2) is 65.9 Å². The van der Waals surface area contributed by atoms with Crippen molar-refractivity contribution in [1.29, 1.82) is 0 Å². The highest BCUT2D eigenvalue weighted by Crippen LogP contribution is 2.41. The van der Waals surface area contributed by atoms with Gasteiger partial charge < -0.3 is 19.6 Å². The Hall–Kier alpha value is -3.19. The number of likely N-dealkylation sites (tertiary alicyclic amines) is 1. The molecule has 3 rings (SSSR count). The quantitative estimate of drug-likeness (QED) is 0.424. The Labute approximate surface area is 189 Å². The second-order valence-corrected chi connectivity index (χ2v) is 9.24. The van der Waals surface area contributed by atoms with Crippen molar-refractivity contribution in [2.75, 3.05) is 34.3 Å². The lowest BCUT2D eigenvalue weighted by atomic mass is 9.85. The summed E-state index contributed by atoms with van der Waals surface area (Å²) in [5.41, 5.74) is 1.96. The molecule has 1 fully saturated rings. The zero-order valence-corrected chi connectivity index (χ0v) is 19.5. The molecule has 2 heterocycles. The maximum Gasteiger partial charge on any atom is 0.295 e. The van der Waals surface area contributed by atoms with Gasteiger partial charge in [-0.05, 0) is 54.9 Å². The number of aromatic nitrogens is 1. The van der Waals surface area contributed by atoms with E-state index in [1.54, 1.807) is 30.6 Å². The number of carbonyl (C=O) groups excluding carboxylic acids is 2. The maximum absolute atomic E-state index is 13.2. The minimum atomic E-state index is -0.707. The average Bonchev–Trinajstić information content (AvgIpc) is 3.01. The zero-order valence-electron chi connectivity index (χ0n) is 19.5. The summed E-state index contributed by atoms with van der Waals surface area (Å²) in [5.74, 6) is -1.13. The fourth-order valence-electron chi connectivity index (χ4n) is 3.82. The molecule has 32 heavy (non-hydrogen) atoms. The van der Waals surface area contributed by atoms with Crippen LogP contribution < -0.4 is 4.74 Å². The van der Waals surface area contributed by atoms with Crippen LogP contribution in [-0.2, 0) is 15.0 Å². The van der Waals surface area contributed by atoms with Gasteiger partial charge in [0.1, 0.15) is 11.5 Å². The Morgan fingerprint density at radius 2 is 1.81 bits per heavy atom. The Bertz CT molecular complexity index is 1040. The lowest BCUT2D eigenvalue weighted by Crippen LogP contribution is -2.35. The number of pyridine rings is 1. The monoisotopic (exact) mass is 437 g/mol. The van der Waals surface area contributed by atoms with E-state index in [9.17, 15) is 14.7 Å². The van der Waals surface area contributed by atoms with Crippen molar-refractivity contribution in [2.24, 2.45) is 0 Å². The third-order valence-corrected chi connectivity index (χ3v) is 5.67. The number of aliphatic hydroxyl groups excluding tert-OH is 1. The van der Waals surface area contributed by atoms with Crippen molar-refractivity contribution in [2.45, 2.75) is 32.2 Å². The number of rotatable bonds is 6. The van der Waals surface area contributed by atoms with E-state index < -0.39 is 17.7 Å². The van der Waals surface area contributed by atoms with Crippen LogP contribution in [0, 0.1) is 0 Å². The Morgan fingerprint density at radius 1 is 1.16 bits per heavy atom. The van der Waals surface area contributed by atoms with Gasteiger partial charge in [0.15, 0.2) is 0 Å². The van der Waals surface area contributed by atoms with Gasteiger partial charge >= 0.3 is 0 Å². The molecule has 1 aromatic heterocycles. The first-order valence-electron chi connectivity index (χ1n) is 10.6. The molecular formula is C25H31N3O4. The van der Waals surface area contributed by atoms with Gasteiger partial charge in [0.05, 0.1) is 24.3 Å². The van der Waals surface area contributed by atoms with Crippen LogP contribution >= 0.6 is 0 Å². The van der Waals surface area contributed by atoms with Crippen LogP contribution in [0.4, 0.5) is 0 Å². The second-order valence-electron chi connectivity index (χ2n) is 9.24. The van der Waals surface area contributed by atoms with Gasteiger partial charge in [0.25, 0.3) is 11.7 Å². The Morgan fingerprint density at radius 3 is 2.38 bits per heavy atom. The van der Waals surface area contributed by atoms with Crippen LogP contribution in [0.2, 0.25) is 0 Å². The molecule has 1 amide bonds. The first-order valence-corrected chi connectivity index (χ1v) is 10.6. The molecule has 1 aliphatic heterocycles. The molecule has 7 nitrogen and oxygen atoms in total. The SMILES string of the molecule is COc1ccc(C(C)(C)C)cc1/C(O)=C1\C(=O)C(=O)N(CCN(C)C)C1c1ccncc1. The fourth-order valence-corrected chi connectivity index (χ4v) is 3.82. The number of amides is 1. The third kappa shape index (κ3) is 4.53. The largest absolute Gasteiger partial charge is 0.507 e. The summed E-state index contributed by atoms with van der Waals surface area (Å²) < 4.78 is 5.48. The average molecular weight is 438 g/mol. The van der Waals surface area contributed by atoms with E-state index in [1.165, 1.54) is 12.0 Å². The van der Waals surface area contributed by atoms with Crippen molar-refractivity contribution in [3.63, 3.8) is 0 Å². The maximum atomic E-state index is 13.2. The molecule has 0 bridgehead atoms. The number of carbonyl (C=O) groups is 2. The number of ketones is 1. The van der Waals surface area contributed by atoms with E-state index in [4.69, 9.17) is 4.74 Å². The van der Waals surface area contributed by atoms with Crippen molar-refractivity contribution < 1.29 is 19.4 Å². The number of ether oxygens (including phenoxy) is 1. The van der Waals surface area contributed by atoms with Gasteiger partial charge in [0, 0.05) is 25.5 Å². The van der Waals surface area contributed by atoms with E-state index in [0.717, 1.165) is 5.56 Å². The molecule has 1 N–H and O–H groups in total. The third-order valence-electron chi connectivity index (χ3n) is 5.67. The first kappa shape index (κ1) is 23.5. The summed E-state index contributed by atoms with van der Waals surface area (Å²) in [6, 6.07) is 8.35. The summed E-state index contributed by atoms with van der Waals surface area (Å²) in [6.45, 7) is 7.12. The molecule has 2 aromatic rings. The fraction of sp³-hybridized carbons (Fsp3) is 0.400. The molecule has 7 heteroatoms. The van der Waals surface area contributed by atoms with Gasteiger partial charge in [0.2, 0.25) is 0 Å². The molecular weight excluding hydrogens is 406 g/mol. The first-order chi connectivity index (χ1) is 15.1. The number of hydrogen-bond donors (Lipinski definition) is 1. The number of hydrogen-bond acceptors (Lipinski definition) is 6. The van der Waals surface area contributed by atoms with Gasteiger partial charge in [-0.3, -0.25) is 14.6 Å². The highest BCUT2D eigenvalue weighted by Gasteiger charge is 2.46. The molecule has 0 saturated carbocycles. The Balaban J connectivity index is 2.23. The number of likely N-dealkylation sites (N-methyl/N-ethyl adjacent to an activating group) is 1. The van der Waals surface area contributed by atoms with Crippen molar-refractivity contribution >= 4 is 17.4 Å². The summed E-state index contributed by atoms with van der Waals surface area (Å²) in [6.07, 6.45) is 3.23. The van der Waals surface area contributed by atoms with E-state index >= 15 is 0 Å². The van der Waals surface area contributed by atoms with E-state index in [0.29, 0.717) is 30.0 Å². The molecule has 1 unspecified atom stereocenters. The lowest BCUT2D eigenvalue weighted by molar-refractivity contribution is -0.140.